The Morgan fingerprint density at radius 1 is 1.29 bits per heavy atom. The summed E-state index contributed by atoms with van der Waals surface area (Å²) < 4.78 is 0. The molecule has 0 bridgehead atoms. The molecule has 5 heteroatoms. The zero-order valence-corrected chi connectivity index (χ0v) is 10.7. The summed E-state index contributed by atoms with van der Waals surface area (Å²) in [5, 5.41) is 11.5. The van der Waals surface area contributed by atoms with Crippen molar-refractivity contribution in [3.05, 3.63) is 6.20 Å². The van der Waals surface area contributed by atoms with Crippen molar-refractivity contribution in [3.8, 4) is 0 Å². The molecule has 1 aromatic heterocycles. The second kappa shape index (κ2) is 5.80. The van der Waals surface area contributed by atoms with Crippen LogP contribution in [-0.4, -0.2) is 34.3 Å². The van der Waals surface area contributed by atoms with Gasteiger partial charge >= 0.3 is 0 Å². The summed E-state index contributed by atoms with van der Waals surface area (Å²) in [6.07, 6.45) is 6.78. The maximum atomic E-state index is 4.52. The topological polar surface area (TPSA) is 53.9 Å². The Labute approximate surface area is 103 Å². The third-order valence-corrected chi connectivity index (χ3v) is 3.32. The maximum absolute atomic E-state index is 4.52. The van der Waals surface area contributed by atoms with Crippen molar-refractivity contribution in [2.24, 2.45) is 0 Å². The first-order valence-corrected chi connectivity index (χ1v) is 6.54. The van der Waals surface area contributed by atoms with Crippen molar-refractivity contribution < 1.29 is 0 Å². The van der Waals surface area contributed by atoms with Crippen LogP contribution in [0.1, 0.15) is 39.5 Å². The van der Waals surface area contributed by atoms with Gasteiger partial charge in [0.2, 0.25) is 5.95 Å². The molecule has 1 saturated carbocycles. The molecule has 0 aromatic carbocycles. The van der Waals surface area contributed by atoms with E-state index in [0.29, 0.717) is 12.0 Å². The smallest absolute Gasteiger partial charge is 0.244 e. The molecule has 1 aliphatic carbocycles. The van der Waals surface area contributed by atoms with E-state index in [1.165, 1.54) is 25.7 Å². The minimum atomic E-state index is 0.531. The first kappa shape index (κ1) is 12.1. The van der Waals surface area contributed by atoms with E-state index in [9.17, 15) is 0 Å². The van der Waals surface area contributed by atoms with Gasteiger partial charge in [-0.2, -0.15) is 10.1 Å². The molecule has 94 valence electrons. The molecule has 17 heavy (non-hydrogen) atoms. The van der Waals surface area contributed by atoms with Crippen LogP contribution in [0.2, 0.25) is 0 Å². The standard InChI is InChI=1S/C12H21N5/c1-3-17(4-2)11-9-13-16-12(15-11)14-10-7-5-6-8-10/h9-10H,3-8H2,1-2H3,(H,14,15,16). The van der Waals surface area contributed by atoms with Crippen molar-refractivity contribution in [3.63, 3.8) is 0 Å². The van der Waals surface area contributed by atoms with Crippen molar-refractivity contribution in [1.29, 1.82) is 0 Å². The summed E-state index contributed by atoms with van der Waals surface area (Å²) in [5.74, 6) is 1.58. The van der Waals surface area contributed by atoms with Gasteiger partial charge < -0.3 is 10.2 Å². The van der Waals surface area contributed by atoms with Gasteiger partial charge in [0.15, 0.2) is 5.82 Å². The van der Waals surface area contributed by atoms with E-state index in [4.69, 9.17) is 0 Å². The minimum Gasteiger partial charge on any atom is -0.356 e. The van der Waals surface area contributed by atoms with Crippen molar-refractivity contribution >= 4 is 11.8 Å². The first-order chi connectivity index (χ1) is 8.33. The molecule has 0 aliphatic heterocycles. The lowest BCUT2D eigenvalue weighted by Crippen LogP contribution is -2.24. The number of nitrogens with one attached hydrogen (secondary N) is 1. The van der Waals surface area contributed by atoms with E-state index in [2.05, 4.69) is 39.2 Å². The largest absolute Gasteiger partial charge is 0.356 e. The van der Waals surface area contributed by atoms with Gasteiger partial charge in [-0.05, 0) is 26.7 Å². The van der Waals surface area contributed by atoms with Crippen LogP contribution >= 0.6 is 0 Å². The zero-order valence-electron chi connectivity index (χ0n) is 10.7. The van der Waals surface area contributed by atoms with Crippen LogP contribution in [0.5, 0.6) is 0 Å². The van der Waals surface area contributed by atoms with Crippen LogP contribution in [0.25, 0.3) is 0 Å². The molecular formula is C12H21N5. The number of anilines is 2. The third kappa shape index (κ3) is 3.05. The molecule has 1 heterocycles. The van der Waals surface area contributed by atoms with E-state index in [-0.39, 0.29) is 0 Å². The predicted octanol–water partition coefficient (Wildman–Crippen LogP) is 2.07. The van der Waals surface area contributed by atoms with E-state index >= 15 is 0 Å². The summed E-state index contributed by atoms with van der Waals surface area (Å²) >= 11 is 0. The normalized spacial score (nSPS) is 16.1. The van der Waals surface area contributed by atoms with Gasteiger partial charge in [-0.1, -0.05) is 12.8 Å². The van der Waals surface area contributed by atoms with Crippen molar-refractivity contribution in [2.75, 3.05) is 23.3 Å². The molecule has 0 radical (unpaired) electrons. The fourth-order valence-electron chi connectivity index (χ4n) is 2.31. The predicted molar refractivity (Wildman–Crippen MR) is 69.3 cm³/mol. The Kier molecular flexibility index (Phi) is 4.12. The summed E-state index contributed by atoms with van der Waals surface area (Å²) in [4.78, 5) is 6.69. The molecule has 1 aromatic rings. The molecule has 0 spiro atoms. The van der Waals surface area contributed by atoms with Crippen LogP contribution in [-0.2, 0) is 0 Å². The average molecular weight is 235 g/mol. The molecule has 0 unspecified atom stereocenters. The van der Waals surface area contributed by atoms with E-state index in [0.717, 1.165) is 18.9 Å². The number of hydrogen-bond acceptors (Lipinski definition) is 5. The highest BCUT2D eigenvalue weighted by Gasteiger charge is 2.16. The summed E-state index contributed by atoms with van der Waals surface area (Å²) in [6.45, 7) is 6.13. The molecule has 0 atom stereocenters. The summed E-state index contributed by atoms with van der Waals surface area (Å²) in [7, 11) is 0. The van der Waals surface area contributed by atoms with Crippen molar-refractivity contribution in [2.45, 2.75) is 45.6 Å². The van der Waals surface area contributed by atoms with Gasteiger partial charge in [-0.15, -0.1) is 5.10 Å². The number of aromatic nitrogens is 3. The Bertz CT molecular complexity index is 345. The molecule has 0 saturated heterocycles. The molecule has 1 aliphatic rings. The molecular weight excluding hydrogens is 214 g/mol. The third-order valence-electron chi connectivity index (χ3n) is 3.32. The first-order valence-electron chi connectivity index (χ1n) is 6.54. The highest BCUT2D eigenvalue weighted by Crippen LogP contribution is 2.21. The van der Waals surface area contributed by atoms with Gasteiger partial charge in [0.25, 0.3) is 0 Å². The van der Waals surface area contributed by atoms with E-state index in [1.54, 1.807) is 6.20 Å². The van der Waals surface area contributed by atoms with E-state index in [1.807, 2.05) is 0 Å². The maximum Gasteiger partial charge on any atom is 0.244 e. The number of rotatable bonds is 5. The van der Waals surface area contributed by atoms with Gasteiger partial charge in [0, 0.05) is 19.1 Å². The lowest BCUT2D eigenvalue weighted by molar-refractivity contribution is 0.733. The Hall–Kier alpha value is -1.39. The fraction of sp³-hybridized carbons (Fsp3) is 0.750. The minimum absolute atomic E-state index is 0.531. The SMILES string of the molecule is CCN(CC)c1cnnc(NC2CCCC2)n1. The monoisotopic (exact) mass is 235 g/mol. The number of nitrogens with zero attached hydrogens (tertiary/aromatic N) is 4. The van der Waals surface area contributed by atoms with Gasteiger partial charge in [-0.25, -0.2) is 0 Å². The highest BCUT2D eigenvalue weighted by molar-refractivity contribution is 5.40. The second-order valence-electron chi connectivity index (χ2n) is 4.44. The van der Waals surface area contributed by atoms with Crippen LogP contribution in [0.4, 0.5) is 11.8 Å². The second-order valence-corrected chi connectivity index (χ2v) is 4.44. The molecule has 0 amide bonds. The highest BCUT2D eigenvalue weighted by atomic mass is 15.3. The summed E-state index contributed by atoms with van der Waals surface area (Å²) in [5.41, 5.74) is 0. The van der Waals surface area contributed by atoms with Gasteiger partial charge in [-0.3, -0.25) is 0 Å². The Morgan fingerprint density at radius 2 is 2.00 bits per heavy atom. The number of hydrogen-bond donors (Lipinski definition) is 1. The lowest BCUT2D eigenvalue weighted by atomic mass is 10.3. The molecule has 2 rings (SSSR count). The van der Waals surface area contributed by atoms with Gasteiger partial charge in [0.1, 0.15) is 0 Å². The van der Waals surface area contributed by atoms with Crippen LogP contribution in [0.15, 0.2) is 6.20 Å². The molecule has 5 nitrogen and oxygen atoms in total. The van der Waals surface area contributed by atoms with Gasteiger partial charge in [0.05, 0.1) is 6.20 Å². The Balaban J connectivity index is 2.04. The summed E-state index contributed by atoms with van der Waals surface area (Å²) in [6, 6.07) is 0.531. The van der Waals surface area contributed by atoms with Crippen molar-refractivity contribution in [1.82, 2.24) is 15.2 Å². The quantitative estimate of drug-likeness (QED) is 0.846. The van der Waals surface area contributed by atoms with Crippen LogP contribution in [0.3, 0.4) is 0 Å². The molecule has 1 fully saturated rings. The zero-order chi connectivity index (χ0) is 12.1. The van der Waals surface area contributed by atoms with Crippen LogP contribution in [0, 0.1) is 0 Å². The molecule has 1 N–H and O–H groups in total. The van der Waals surface area contributed by atoms with E-state index < -0.39 is 0 Å². The average Bonchev–Trinajstić information content (AvgIpc) is 2.84. The Morgan fingerprint density at radius 3 is 2.65 bits per heavy atom. The lowest BCUT2D eigenvalue weighted by Gasteiger charge is -2.20. The fourth-order valence-corrected chi connectivity index (χ4v) is 2.31. The van der Waals surface area contributed by atoms with Crippen LogP contribution < -0.4 is 10.2 Å².